The van der Waals surface area contributed by atoms with Gasteiger partial charge in [0.25, 0.3) is 0 Å². The number of methoxy groups -OCH3 is 4. The largest absolute Gasteiger partial charge is 0.493 e. The van der Waals surface area contributed by atoms with Crippen molar-refractivity contribution in [3.05, 3.63) is 46.8 Å². The lowest BCUT2D eigenvalue weighted by atomic mass is 10.0. The van der Waals surface area contributed by atoms with Crippen molar-refractivity contribution in [3.8, 4) is 45.5 Å². The van der Waals surface area contributed by atoms with E-state index in [1.54, 1.807) is 30.6 Å². The highest BCUT2D eigenvalue weighted by Crippen LogP contribution is 2.43. The van der Waals surface area contributed by atoms with Gasteiger partial charge in [0, 0.05) is 24.2 Å². The van der Waals surface area contributed by atoms with Crippen molar-refractivity contribution < 1.29 is 23.9 Å². The second kappa shape index (κ2) is 8.09. The van der Waals surface area contributed by atoms with E-state index in [2.05, 4.69) is 4.98 Å². The van der Waals surface area contributed by atoms with E-state index in [0.717, 1.165) is 11.3 Å². The zero-order valence-corrected chi connectivity index (χ0v) is 16.8. The van der Waals surface area contributed by atoms with Crippen molar-refractivity contribution in [2.24, 2.45) is 7.05 Å². The summed E-state index contributed by atoms with van der Waals surface area (Å²) in [5.41, 5.74) is 2.53. The van der Waals surface area contributed by atoms with Crippen LogP contribution < -0.4 is 18.9 Å². The predicted octanol–water partition coefficient (Wildman–Crippen LogP) is 3.70. The smallest absolute Gasteiger partial charge is 0.311 e. The minimum Gasteiger partial charge on any atom is -0.493 e. The number of ether oxygens (including phenoxy) is 4. The van der Waals surface area contributed by atoms with Crippen LogP contribution in [-0.2, 0) is 7.05 Å². The Hall–Kier alpha value is -3.75. The molecule has 152 valence electrons. The lowest BCUT2D eigenvalue weighted by molar-refractivity contribution is -0.385. The molecule has 0 unspecified atom stereocenters. The van der Waals surface area contributed by atoms with Crippen LogP contribution >= 0.6 is 0 Å². The summed E-state index contributed by atoms with van der Waals surface area (Å²) in [5.74, 6) is 1.65. The molecule has 0 bridgehead atoms. The molecule has 29 heavy (non-hydrogen) atoms. The fraction of sp³-hybridized carbons (Fsp3) is 0.250. The quantitative estimate of drug-likeness (QED) is 0.441. The van der Waals surface area contributed by atoms with Crippen molar-refractivity contribution in [1.82, 2.24) is 9.55 Å². The molecule has 0 radical (unpaired) electrons. The highest BCUT2D eigenvalue weighted by atomic mass is 16.6. The van der Waals surface area contributed by atoms with E-state index in [1.165, 1.54) is 34.5 Å². The second-order valence-corrected chi connectivity index (χ2v) is 6.11. The Morgan fingerprint density at radius 2 is 1.52 bits per heavy atom. The van der Waals surface area contributed by atoms with E-state index >= 15 is 0 Å². The topological polar surface area (TPSA) is 97.9 Å². The molecule has 0 aliphatic rings. The number of rotatable bonds is 7. The van der Waals surface area contributed by atoms with Crippen LogP contribution in [0.15, 0.2) is 36.7 Å². The first-order chi connectivity index (χ1) is 13.9. The fourth-order valence-corrected chi connectivity index (χ4v) is 3.18. The Labute approximate surface area is 167 Å². The van der Waals surface area contributed by atoms with Crippen LogP contribution in [0.5, 0.6) is 23.0 Å². The van der Waals surface area contributed by atoms with Gasteiger partial charge in [-0.2, -0.15) is 0 Å². The Kier molecular flexibility index (Phi) is 5.58. The first-order valence-electron chi connectivity index (χ1n) is 8.59. The molecule has 0 N–H and O–H groups in total. The third-order valence-corrected chi connectivity index (χ3v) is 4.52. The number of benzene rings is 2. The molecule has 1 aromatic heterocycles. The van der Waals surface area contributed by atoms with Gasteiger partial charge in [-0.25, -0.2) is 4.98 Å². The molecule has 9 nitrogen and oxygen atoms in total. The number of aryl methyl sites for hydroxylation is 1. The van der Waals surface area contributed by atoms with E-state index in [0.29, 0.717) is 28.5 Å². The van der Waals surface area contributed by atoms with E-state index in [9.17, 15) is 10.1 Å². The molecule has 0 amide bonds. The lowest BCUT2D eigenvalue weighted by Crippen LogP contribution is -1.98. The Morgan fingerprint density at radius 1 is 0.897 bits per heavy atom. The zero-order valence-electron chi connectivity index (χ0n) is 16.8. The summed E-state index contributed by atoms with van der Waals surface area (Å²) in [6, 6.07) is 8.35. The number of hydrogen-bond acceptors (Lipinski definition) is 7. The molecule has 1 heterocycles. The van der Waals surface area contributed by atoms with Crippen molar-refractivity contribution in [3.63, 3.8) is 0 Å². The van der Waals surface area contributed by atoms with Gasteiger partial charge in [0.2, 0.25) is 5.75 Å². The number of imidazole rings is 1. The minimum atomic E-state index is -0.482. The summed E-state index contributed by atoms with van der Waals surface area (Å²) in [5, 5.41) is 11.4. The Morgan fingerprint density at radius 3 is 2.03 bits per heavy atom. The van der Waals surface area contributed by atoms with E-state index in [4.69, 9.17) is 18.9 Å². The van der Waals surface area contributed by atoms with Crippen LogP contribution in [0.2, 0.25) is 0 Å². The normalized spacial score (nSPS) is 10.5. The maximum absolute atomic E-state index is 11.4. The van der Waals surface area contributed by atoms with Crippen LogP contribution in [0.4, 0.5) is 5.69 Å². The van der Waals surface area contributed by atoms with Gasteiger partial charge in [-0.3, -0.25) is 10.1 Å². The van der Waals surface area contributed by atoms with Crippen LogP contribution in [-0.4, -0.2) is 42.9 Å². The number of aromatic nitrogens is 2. The maximum atomic E-state index is 11.4. The summed E-state index contributed by atoms with van der Waals surface area (Å²) < 4.78 is 23.2. The van der Waals surface area contributed by atoms with Crippen LogP contribution in [0.1, 0.15) is 0 Å². The lowest BCUT2D eigenvalue weighted by Gasteiger charge is -2.15. The molecule has 0 aliphatic carbocycles. The second-order valence-electron chi connectivity index (χ2n) is 6.11. The first kappa shape index (κ1) is 20.0. The third-order valence-electron chi connectivity index (χ3n) is 4.52. The minimum absolute atomic E-state index is 0.133. The molecular formula is C20H21N3O6. The van der Waals surface area contributed by atoms with E-state index in [-0.39, 0.29) is 11.4 Å². The van der Waals surface area contributed by atoms with Crippen LogP contribution in [0.3, 0.4) is 0 Å². The summed E-state index contributed by atoms with van der Waals surface area (Å²) in [4.78, 5) is 15.4. The Bertz CT molecular complexity index is 1040. The van der Waals surface area contributed by atoms with Crippen molar-refractivity contribution in [1.29, 1.82) is 0 Å². The molecule has 3 aromatic rings. The van der Waals surface area contributed by atoms with Crippen molar-refractivity contribution >= 4 is 5.69 Å². The maximum Gasteiger partial charge on any atom is 0.311 e. The first-order valence-corrected chi connectivity index (χ1v) is 8.59. The number of hydrogen-bond donors (Lipinski definition) is 0. The summed E-state index contributed by atoms with van der Waals surface area (Å²) >= 11 is 0. The zero-order chi connectivity index (χ0) is 21.1. The molecule has 0 saturated heterocycles. The van der Waals surface area contributed by atoms with Crippen LogP contribution in [0, 0.1) is 10.1 Å². The van der Waals surface area contributed by atoms with E-state index < -0.39 is 4.92 Å². The van der Waals surface area contributed by atoms with E-state index in [1.807, 2.05) is 11.6 Å². The molecule has 9 heteroatoms. The van der Waals surface area contributed by atoms with Gasteiger partial charge in [0.15, 0.2) is 17.2 Å². The van der Waals surface area contributed by atoms with Gasteiger partial charge in [0.05, 0.1) is 51.1 Å². The van der Waals surface area contributed by atoms with Gasteiger partial charge >= 0.3 is 5.69 Å². The third kappa shape index (κ3) is 3.54. The molecule has 3 rings (SSSR count). The monoisotopic (exact) mass is 399 g/mol. The van der Waals surface area contributed by atoms with Crippen molar-refractivity contribution in [2.75, 3.05) is 28.4 Å². The summed E-state index contributed by atoms with van der Waals surface area (Å²) in [6.45, 7) is 0. The molecule has 2 aromatic carbocycles. The molecule has 0 atom stereocenters. The molecule has 0 fully saturated rings. The molecular weight excluding hydrogens is 378 g/mol. The standard InChI is InChI=1S/C20H21N3O6/c1-22-11-21-18(12-6-7-15(26-2)14(8-12)23(24)25)19(22)13-9-16(27-3)20(29-5)17(10-13)28-4/h6-11H,1-5H3. The number of nitrogens with zero attached hydrogens (tertiary/aromatic N) is 3. The average Bonchev–Trinajstić information content (AvgIpc) is 3.13. The summed E-state index contributed by atoms with van der Waals surface area (Å²) in [7, 11) is 7.85. The van der Waals surface area contributed by atoms with Gasteiger partial charge < -0.3 is 23.5 Å². The SMILES string of the molecule is COc1ccc(-c2ncn(C)c2-c2cc(OC)c(OC)c(OC)c2)cc1[N+](=O)[O-]. The Balaban J connectivity index is 2.22. The predicted molar refractivity (Wildman–Crippen MR) is 107 cm³/mol. The summed E-state index contributed by atoms with van der Waals surface area (Å²) in [6.07, 6.45) is 1.64. The van der Waals surface area contributed by atoms with Crippen molar-refractivity contribution in [2.45, 2.75) is 0 Å². The fourth-order valence-electron chi connectivity index (χ4n) is 3.18. The van der Waals surface area contributed by atoms with Crippen LogP contribution in [0.25, 0.3) is 22.5 Å². The molecule has 0 aliphatic heterocycles. The number of nitro benzene ring substituents is 1. The van der Waals surface area contributed by atoms with Gasteiger partial charge in [0.1, 0.15) is 0 Å². The van der Waals surface area contributed by atoms with Gasteiger partial charge in [-0.1, -0.05) is 0 Å². The molecule has 0 saturated carbocycles. The van der Waals surface area contributed by atoms with Gasteiger partial charge in [-0.15, -0.1) is 0 Å². The molecule has 0 spiro atoms. The van der Waals surface area contributed by atoms with Gasteiger partial charge in [-0.05, 0) is 24.3 Å². The highest BCUT2D eigenvalue weighted by Gasteiger charge is 2.22. The average molecular weight is 399 g/mol. The highest BCUT2D eigenvalue weighted by molar-refractivity contribution is 5.82. The number of nitro groups is 1.